The highest BCUT2D eigenvalue weighted by atomic mass is 16.4. The van der Waals surface area contributed by atoms with Crippen LogP contribution in [0.15, 0.2) is 0 Å². The molecule has 5 N–H and O–H groups in total. The molecule has 0 aromatic heterocycles. The maximum Gasteiger partial charge on any atom is 0.402 e. The first-order chi connectivity index (χ1) is 3.63. The Bertz CT molecular complexity index is 76.1. The van der Waals surface area contributed by atoms with Crippen LogP contribution in [-0.4, -0.2) is 17.2 Å². The van der Waals surface area contributed by atoms with E-state index in [0.717, 1.165) is 0 Å². The molecular formula is C4H10N2O2. The summed E-state index contributed by atoms with van der Waals surface area (Å²) in [6, 6.07) is 0.583. The van der Waals surface area contributed by atoms with E-state index < -0.39 is 6.09 Å². The van der Waals surface area contributed by atoms with Crippen LogP contribution >= 0.6 is 0 Å². The van der Waals surface area contributed by atoms with E-state index in [2.05, 4.69) is 5.73 Å². The van der Waals surface area contributed by atoms with Crippen molar-refractivity contribution in [2.24, 2.45) is 11.5 Å². The summed E-state index contributed by atoms with van der Waals surface area (Å²) >= 11 is 0. The quantitative estimate of drug-likeness (QED) is 0.409. The first-order valence-corrected chi connectivity index (χ1v) is 2.37. The van der Waals surface area contributed by atoms with E-state index in [4.69, 9.17) is 15.6 Å². The van der Waals surface area contributed by atoms with Crippen molar-refractivity contribution in [3.63, 3.8) is 0 Å². The zero-order valence-corrected chi connectivity index (χ0v) is 4.50. The highest BCUT2D eigenvalue weighted by Crippen LogP contribution is 2.13. The van der Waals surface area contributed by atoms with Crippen molar-refractivity contribution in [3.05, 3.63) is 0 Å². The van der Waals surface area contributed by atoms with E-state index in [1.54, 1.807) is 0 Å². The standard InChI is InChI=1S/C3H7N.CH3NO2/c4-3-1-2-3;2-1(3)4/h3H,1-2,4H2;2H2,(H,3,4). The fraction of sp³-hybridized carbons (Fsp3) is 0.750. The van der Waals surface area contributed by atoms with Gasteiger partial charge in [0.15, 0.2) is 0 Å². The van der Waals surface area contributed by atoms with Gasteiger partial charge in [0.05, 0.1) is 0 Å². The van der Waals surface area contributed by atoms with Crippen molar-refractivity contribution in [3.8, 4) is 0 Å². The van der Waals surface area contributed by atoms with Gasteiger partial charge in [-0.25, -0.2) is 4.79 Å². The van der Waals surface area contributed by atoms with Gasteiger partial charge < -0.3 is 16.6 Å². The van der Waals surface area contributed by atoms with Gasteiger partial charge in [0, 0.05) is 6.04 Å². The van der Waals surface area contributed by atoms with Gasteiger partial charge in [-0.1, -0.05) is 0 Å². The van der Waals surface area contributed by atoms with Crippen LogP contribution in [0.2, 0.25) is 0 Å². The lowest BCUT2D eigenvalue weighted by atomic mass is 10.8. The number of carbonyl (C=O) groups is 1. The van der Waals surface area contributed by atoms with Gasteiger partial charge in [-0.05, 0) is 12.8 Å². The molecule has 1 amide bonds. The van der Waals surface area contributed by atoms with E-state index in [1.807, 2.05) is 0 Å². The lowest BCUT2D eigenvalue weighted by Crippen LogP contribution is -2.03. The Balaban J connectivity index is 0.000000122. The van der Waals surface area contributed by atoms with Gasteiger partial charge in [0.2, 0.25) is 0 Å². The molecule has 4 nitrogen and oxygen atoms in total. The van der Waals surface area contributed by atoms with Crippen LogP contribution in [0.1, 0.15) is 12.8 Å². The SMILES string of the molecule is NC(=O)O.NC1CC1. The number of hydrogen-bond donors (Lipinski definition) is 3. The van der Waals surface area contributed by atoms with Crippen LogP contribution in [0.5, 0.6) is 0 Å². The van der Waals surface area contributed by atoms with E-state index in [-0.39, 0.29) is 0 Å². The Morgan fingerprint density at radius 3 is 1.75 bits per heavy atom. The van der Waals surface area contributed by atoms with Crippen molar-refractivity contribution < 1.29 is 9.90 Å². The smallest absolute Gasteiger partial charge is 0.402 e. The van der Waals surface area contributed by atoms with Crippen LogP contribution in [0.3, 0.4) is 0 Å². The van der Waals surface area contributed by atoms with Gasteiger partial charge >= 0.3 is 6.09 Å². The van der Waals surface area contributed by atoms with Crippen LogP contribution < -0.4 is 11.5 Å². The number of amides is 1. The van der Waals surface area contributed by atoms with Gasteiger partial charge in [0.1, 0.15) is 0 Å². The molecule has 0 spiro atoms. The molecule has 0 radical (unpaired) electrons. The summed E-state index contributed by atoms with van der Waals surface area (Å²) in [7, 11) is 0. The summed E-state index contributed by atoms with van der Waals surface area (Å²) in [4.78, 5) is 8.78. The van der Waals surface area contributed by atoms with Crippen molar-refractivity contribution in [2.45, 2.75) is 18.9 Å². The van der Waals surface area contributed by atoms with Gasteiger partial charge in [-0.15, -0.1) is 0 Å². The highest BCUT2D eigenvalue weighted by molar-refractivity contribution is 5.61. The minimum atomic E-state index is -1.33. The van der Waals surface area contributed by atoms with Crippen molar-refractivity contribution in [2.75, 3.05) is 0 Å². The molecule has 4 heteroatoms. The summed E-state index contributed by atoms with van der Waals surface area (Å²) in [5, 5.41) is 7.19. The number of nitrogens with two attached hydrogens (primary N) is 2. The molecule has 48 valence electrons. The van der Waals surface area contributed by atoms with Crippen LogP contribution in [0, 0.1) is 0 Å². The molecule has 0 heterocycles. The number of primary amides is 1. The molecule has 8 heavy (non-hydrogen) atoms. The Hall–Kier alpha value is -0.770. The first kappa shape index (κ1) is 7.23. The van der Waals surface area contributed by atoms with E-state index in [0.29, 0.717) is 6.04 Å². The molecule has 1 fully saturated rings. The molecule has 0 atom stereocenters. The van der Waals surface area contributed by atoms with E-state index in [9.17, 15) is 0 Å². The van der Waals surface area contributed by atoms with Crippen molar-refractivity contribution in [1.29, 1.82) is 0 Å². The predicted molar refractivity (Wildman–Crippen MR) is 29.4 cm³/mol. The molecule has 0 bridgehead atoms. The summed E-state index contributed by atoms with van der Waals surface area (Å²) in [6.45, 7) is 0. The molecule has 1 aliphatic rings. The summed E-state index contributed by atoms with van der Waals surface area (Å²) in [6.07, 6.45) is 1.19. The first-order valence-electron chi connectivity index (χ1n) is 2.37. The number of carboxylic acid groups (broad SMARTS) is 1. The summed E-state index contributed by atoms with van der Waals surface area (Å²) in [5.74, 6) is 0. The normalized spacial score (nSPS) is 16.1. The van der Waals surface area contributed by atoms with E-state index in [1.165, 1.54) is 12.8 Å². The third kappa shape index (κ3) is 18.8. The molecule has 0 aromatic carbocycles. The second-order valence-corrected chi connectivity index (χ2v) is 1.68. The molecule has 0 saturated heterocycles. The number of rotatable bonds is 0. The van der Waals surface area contributed by atoms with Crippen LogP contribution in [0.25, 0.3) is 0 Å². The second-order valence-electron chi connectivity index (χ2n) is 1.68. The maximum absolute atomic E-state index is 8.78. The molecule has 0 aromatic rings. The maximum atomic E-state index is 8.78. The number of hydrogen-bond acceptors (Lipinski definition) is 2. The lowest BCUT2D eigenvalue weighted by Gasteiger charge is -1.61. The third-order valence-corrected chi connectivity index (χ3v) is 0.622. The van der Waals surface area contributed by atoms with E-state index >= 15 is 0 Å². The van der Waals surface area contributed by atoms with Crippen molar-refractivity contribution in [1.82, 2.24) is 0 Å². The Morgan fingerprint density at radius 2 is 1.75 bits per heavy atom. The fourth-order valence-corrected chi connectivity index (χ4v) is 0.0962. The van der Waals surface area contributed by atoms with Crippen molar-refractivity contribution >= 4 is 6.09 Å². The van der Waals surface area contributed by atoms with Gasteiger partial charge in [0.25, 0.3) is 0 Å². The topological polar surface area (TPSA) is 89.3 Å². The van der Waals surface area contributed by atoms with Gasteiger partial charge in [-0.2, -0.15) is 0 Å². The minimum absolute atomic E-state index is 0.583. The summed E-state index contributed by atoms with van der Waals surface area (Å²) < 4.78 is 0. The zero-order valence-electron chi connectivity index (χ0n) is 4.50. The molecule has 0 unspecified atom stereocenters. The minimum Gasteiger partial charge on any atom is -0.465 e. The van der Waals surface area contributed by atoms with Crippen LogP contribution in [0.4, 0.5) is 4.79 Å². The zero-order chi connectivity index (χ0) is 6.57. The molecule has 0 aliphatic heterocycles. The Labute approximate surface area is 47.5 Å². The average molecular weight is 118 g/mol. The fourth-order valence-electron chi connectivity index (χ4n) is 0.0962. The highest BCUT2D eigenvalue weighted by Gasteiger charge is 2.13. The average Bonchev–Trinajstić information content (AvgIpc) is 2.19. The molecule has 1 aliphatic carbocycles. The third-order valence-electron chi connectivity index (χ3n) is 0.622. The molecule has 1 rings (SSSR count). The molecule has 1 saturated carbocycles. The van der Waals surface area contributed by atoms with Gasteiger partial charge in [-0.3, -0.25) is 0 Å². The largest absolute Gasteiger partial charge is 0.465 e. The predicted octanol–water partition coefficient (Wildman–Crippen LogP) is -0.269. The lowest BCUT2D eigenvalue weighted by molar-refractivity contribution is 0.205. The summed E-state index contributed by atoms with van der Waals surface area (Å²) in [5.41, 5.74) is 9.25. The van der Waals surface area contributed by atoms with Crippen LogP contribution in [-0.2, 0) is 0 Å². The Morgan fingerprint density at radius 1 is 1.62 bits per heavy atom. The Kier molecular flexibility index (Phi) is 2.95. The molecular weight excluding hydrogens is 108 g/mol. The second kappa shape index (κ2) is 3.26. The monoisotopic (exact) mass is 118 g/mol.